The molecular weight excluding hydrogens is 195 g/mol. The molecule has 1 rings (SSSR count). The van der Waals surface area contributed by atoms with Crippen molar-refractivity contribution in [3.8, 4) is 5.75 Å². The molecule has 0 aliphatic heterocycles. The molecule has 2 nitrogen and oxygen atoms in total. The van der Waals surface area contributed by atoms with E-state index in [2.05, 4.69) is 0 Å². The first kappa shape index (κ1) is 10.3. The van der Waals surface area contributed by atoms with Crippen LogP contribution in [0.4, 0.5) is 4.39 Å². The largest absolute Gasteiger partial charge is 0.490 e. The van der Waals surface area contributed by atoms with E-state index in [9.17, 15) is 4.39 Å². The lowest BCUT2D eigenvalue weighted by molar-refractivity contribution is 0.123. The van der Waals surface area contributed by atoms with Gasteiger partial charge in [0.2, 0.25) is 0 Å². The maximum atomic E-state index is 12.5. The fraction of sp³-hybridized carbons (Fsp3) is 0.333. The van der Waals surface area contributed by atoms with E-state index in [1.165, 1.54) is 0 Å². The number of benzene rings is 1. The van der Waals surface area contributed by atoms with Crippen molar-refractivity contribution >= 4 is 11.6 Å². The predicted molar refractivity (Wildman–Crippen MR) is 48.9 cm³/mol. The van der Waals surface area contributed by atoms with E-state index in [-0.39, 0.29) is 6.61 Å². The number of ether oxygens (including phenoxy) is 1. The van der Waals surface area contributed by atoms with Crippen LogP contribution in [0.1, 0.15) is 0 Å². The summed E-state index contributed by atoms with van der Waals surface area (Å²) in [7, 11) is 0. The molecule has 1 N–H and O–H groups in total. The molecule has 1 aromatic carbocycles. The van der Waals surface area contributed by atoms with Gasteiger partial charge in [-0.1, -0.05) is 11.6 Å². The lowest BCUT2D eigenvalue weighted by atomic mass is 10.3. The molecule has 0 amide bonds. The first-order chi connectivity index (χ1) is 6.22. The zero-order chi connectivity index (χ0) is 9.68. The fourth-order valence-electron chi connectivity index (χ4n) is 0.770. The Hall–Kier alpha value is -0.800. The molecule has 0 saturated heterocycles. The SMILES string of the molecule is OCC(F)COc1ccc(Cl)cc1. The first-order valence-corrected chi connectivity index (χ1v) is 4.23. The molecule has 0 saturated carbocycles. The standard InChI is InChI=1S/C9H10ClFO2/c10-7-1-3-9(4-2-7)13-6-8(11)5-12/h1-4,8,12H,5-6H2. The predicted octanol–water partition coefficient (Wildman–Crippen LogP) is 2.05. The van der Waals surface area contributed by atoms with Crippen LogP contribution < -0.4 is 4.74 Å². The molecule has 1 unspecified atom stereocenters. The number of hydrogen-bond donors (Lipinski definition) is 1. The highest BCUT2D eigenvalue weighted by Gasteiger charge is 2.04. The van der Waals surface area contributed by atoms with Gasteiger partial charge in [-0.2, -0.15) is 0 Å². The molecule has 0 fully saturated rings. The first-order valence-electron chi connectivity index (χ1n) is 3.85. The Bertz CT molecular complexity index is 250. The molecule has 0 heterocycles. The third-order valence-corrected chi connectivity index (χ3v) is 1.69. The van der Waals surface area contributed by atoms with E-state index in [0.717, 1.165) is 0 Å². The van der Waals surface area contributed by atoms with Crippen molar-refractivity contribution in [3.05, 3.63) is 29.3 Å². The summed E-state index contributed by atoms with van der Waals surface area (Å²) >= 11 is 5.63. The number of halogens is 2. The quantitative estimate of drug-likeness (QED) is 0.814. The molecule has 0 aliphatic carbocycles. The third-order valence-electron chi connectivity index (χ3n) is 1.44. The second-order valence-electron chi connectivity index (χ2n) is 2.54. The summed E-state index contributed by atoms with van der Waals surface area (Å²) in [4.78, 5) is 0. The molecule has 0 spiro atoms. The average Bonchev–Trinajstić information content (AvgIpc) is 2.16. The van der Waals surface area contributed by atoms with Gasteiger partial charge in [0.15, 0.2) is 6.17 Å². The molecule has 4 heteroatoms. The van der Waals surface area contributed by atoms with Gasteiger partial charge in [0.25, 0.3) is 0 Å². The number of rotatable bonds is 4. The molecule has 0 radical (unpaired) electrons. The lowest BCUT2D eigenvalue weighted by Gasteiger charge is -2.07. The Kier molecular flexibility index (Phi) is 3.99. The smallest absolute Gasteiger partial charge is 0.157 e. The molecule has 1 aromatic rings. The molecule has 72 valence electrons. The van der Waals surface area contributed by atoms with Gasteiger partial charge in [-0.3, -0.25) is 0 Å². The summed E-state index contributed by atoms with van der Waals surface area (Å²) in [5.74, 6) is 0.542. The normalized spacial score (nSPS) is 12.5. The van der Waals surface area contributed by atoms with E-state index < -0.39 is 12.8 Å². The van der Waals surface area contributed by atoms with Gasteiger partial charge in [0.05, 0.1) is 6.61 Å². The van der Waals surface area contributed by atoms with Gasteiger partial charge in [0, 0.05) is 5.02 Å². The summed E-state index contributed by atoms with van der Waals surface area (Å²) < 4.78 is 17.5. The Morgan fingerprint density at radius 3 is 2.54 bits per heavy atom. The van der Waals surface area contributed by atoms with Crippen LogP contribution in [0.25, 0.3) is 0 Å². The molecule has 1 atom stereocenters. The summed E-state index contributed by atoms with van der Waals surface area (Å²) in [6.45, 7) is -0.661. The summed E-state index contributed by atoms with van der Waals surface area (Å²) in [6, 6.07) is 6.60. The van der Waals surface area contributed by atoms with E-state index in [0.29, 0.717) is 10.8 Å². The molecule has 0 aliphatic rings. The summed E-state index contributed by atoms with van der Waals surface area (Å²) in [5.41, 5.74) is 0. The van der Waals surface area contributed by atoms with Crippen LogP contribution >= 0.6 is 11.6 Å². The fourth-order valence-corrected chi connectivity index (χ4v) is 0.896. The van der Waals surface area contributed by atoms with Gasteiger partial charge in [-0.25, -0.2) is 4.39 Å². The van der Waals surface area contributed by atoms with Crippen LogP contribution in [0.15, 0.2) is 24.3 Å². The lowest BCUT2D eigenvalue weighted by Crippen LogP contribution is -2.16. The maximum absolute atomic E-state index is 12.5. The Balaban J connectivity index is 2.41. The van der Waals surface area contributed by atoms with Crippen molar-refractivity contribution < 1.29 is 14.2 Å². The Morgan fingerprint density at radius 2 is 2.00 bits per heavy atom. The van der Waals surface area contributed by atoms with E-state index in [4.69, 9.17) is 21.4 Å². The van der Waals surface area contributed by atoms with Crippen molar-refractivity contribution in [1.82, 2.24) is 0 Å². The van der Waals surface area contributed by atoms with Crippen molar-refractivity contribution in [1.29, 1.82) is 0 Å². The summed E-state index contributed by atoms with van der Waals surface area (Å²) in [5, 5.41) is 8.98. The molecular formula is C9H10ClFO2. The second-order valence-corrected chi connectivity index (χ2v) is 2.98. The van der Waals surface area contributed by atoms with Gasteiger partial charge in [-0.05, 0) is 24.3 Å². The number of aliphatic hydroxyl groups excluding tert-OH is 1. The van der Waals surface area contributed by atoms with Crippen LogP contribution in [0, 0.1) is 0 Å². The molecule has 13 heavy (non-hydrogen) atoms. The minimum atomic E-state index is -1.34. The topological polar surface area (TPSA) is 29.5 Å². The van der Waals surface area contributed by atoms with Crippen LogP contribution in [-0.4, -0.2) is 24.5 Å². The van der Waals surface area contributed by atoms with Gasteiger partial charge >= 0.3 is 0 Å². The van der Waals surface area contributed by atoms with Gasteiger partial charge in [-0.15, -0.1) is 0 Å². The highest BCUT2D eigenvalue weighted by atomic mass is 35.5. The average molecular weight is 205 g/mol. The monoisotopic (exact) mass is 204 g/mol. The molecule has 0 aromatic heterocycles. The molecule has 0 bridgehead atoms. The van der Waals surface area contributed by atoms with E-state index >= 15 is 0 Å². The minimum absolute atomic E-state index is 0.141. The van der Waals surface area contributed by atoms with Gasteiger partial charge in [0.1, 0.15) is 12.4 Å². The van der Waals surface area contributed by atoms with E-state index in [1.54, 1.807) is 24.3 Å². The maximum Gasteiger partial charge on any atom is 0.157 e. The highest BCUT2D eigenvalue weighted by Crippen LogP contribution is 2.15. The second kappa shape index (κ2) is 5.04. The number of aliphatic hydroxyl groups is 1. The Morgan fingerprint density at radius 1 is 1.38 bits per heavy atom. The van der Waals surface area contributed by atoms with Crippen LogP contribution in [0.3, 0.4) is 0 Å². The number of hydrogen-bond acceptors (Lipinski definition) is 2. The van der Waals surface area contributed by atoms with Crippen LogP contribution in [-0.2, 0) is 0 Å². The van der Waals surface area contributed by atoms with Crippen molar-refractivity contribution in [3.63, 3.8) is 0 Å². The summed E-state index contributed by atoms with van der Waals surface area (Å²) in [6.07, 6.45) is -1.34. The Labute approximate surface area is 80.9 Å². The number of alkyl halides is 1. The van der Waals surface area contributed by atoms with Crippen LogP contribution in [0.2, 0.25) is 5.02 Å². The minimum Gasteiger partial charge on any atom is -0.490 e. The third kappa shape index (κ3) is 3.61. The van der Waals surface area contributed by atoms with E-state index in [1.807, 2.05) is 0 Å². The zero-order valence-electron chi connectivity index (χ0n) is 6.91. The van der Waals surface area contributed by atoms with Gasteiger partial charge < -0.3 is 9.84 Å². The zero-order valence-corrected chi connectivity index (χ0v) is 7.67. The highest BCUT2D eigenvalue weighted by molar-refractivity contribution is 6.30. The van der Waals surface area contributed by atoms with Crippen molar-refractivity contribution in [2.24, 2.45) is 0 Å². The van der Waals surface area contributed by atoms with Crippen molar-refractivity contribution in [2.45, 2.75) is 6.17 Å². The van der Waals surface area contributed by atoms with Crippen LogP contribution in [0.5, 0.6) is 5.75 Å². The van der Waals surface area contributed by atoms with Crippen molar-refractivity contribution in [2.75, 3.05) is 13.2 Å².